The van der Waals surface area contributed by atoms with E-state index in [9.17, 15) is 5.11 Å². The maximum Gasteiger partial charge on any atom is 0.115 e. The molecule has 2 aromatic rings. The molecule has 0 saturated carbocycles. The van der Waals surface area contributed by atoms with Crippen molar-refractivity contribution in [2.45, 2.75) is 6.42 Å². The van der Waals surface area contributed by atoms with Crippen LogP contribution in [0, 0.1) is 0 Å². The highest BCUT2D eigenvalue weighted by molar-refractivity contribution is 5.70. The summed E-state index contributed by atoms with van der Waals surface area (Å²) in [4.78, 5) is 2.29. The van der Waals surface area contributed by atoms with Crippen LogP contribution < -0.4 is 4.90 Å². The molecule has 0 unspecified atom stereocenters. The van der Waals surface area contributed by atoms with Gasteiger partial charge in [0, 0.05) is 19.3 Å². The molecule has 0 aromatic heterocycles. The quantitative estimate of drug-likeness (QED) is 0.806. The number of benzene rings is 2. The zero-order valence-corrected chi connectivity index (χ0v) is 9.85. The van der Waals surface area contributed by atoms with Crippen LogP contribution in [0.25, 0.3) is 11.1 Å². The summed E-state index contributed by atoms with van der Waals surface area (Å²) in [6, 6.07) is 14.0. The van der Waals surface area contributed by atoms with E-state index in [0.717, 1.165) is 18.5 Å². The van der Waals surface area contributed by atoms with Gasteiger partial charge in [0.25, 0.3) is 0 Å². The minimum atomic E-state index is 0.314. The summed E-state index contributed by atoms with van der Waals surface area (Å²) in [5.74, 6) is 0.314. The van der Waals surface area contributed by atoms with Gasteiger partial charge in [-0.1, -0.05) is 18.2 Å². The van der Waals surface area contributed by atoms with E-state index in [2.05, 4.69) is 30.1 Å². The van der Waals surface area contributed by atoms with Crippen molar-refractivity contribution in [1.82, 2.24) is 0 Å². The Labute approximate surface area is 101 Å². The van der Waals surface area contributed by atoms with E-state index in [4.69, 9.17) is 0 Å². The van der Waals surface area contributed by atoms with Gasteiger partial charge in [-0.2, -0.15) is 0 Å². The van der Waals surface area contributed by atoms with Crippen LogP contribution in [-0.4, -0.2) is 18.7 Å². The monoisotopic (exact) mass is 225 g/mol. The molecular weight excluding hydrogens is 210 g/mol. The van der Waals surface area contributed by atoms with E-state index in [1.54, 1.807) is 12.1 Å². The first-order valence-electron chi connectivity index (χ1n) is 5.87. The van der Waals surface area contributed by atoms with Crippen molar-refractivity contribution in [3.8, 4) is 16.9 Å². The van der Waals surface area contributed by atoms with E-state index < -0.39 is 0 Å². The molecule has 0 bridgehead atoms. The van der Waals surface area contributed by atoms with Crippen molar-refractivity contribution in [1.29, 1.82) is 0 Å². The smallest absolute Gasteiger partial charge is 0.115 e. The van der Waals surface area contributed by atoms with Crippen LogP contribution in [0.1, 0.15) is 5.56 Å². The first-order valence-corrected chi connectivity index (χ1v) is 5.87. The summed E-state index contributed by atoms with van der Waals surface area (Å²) < 4.78 is 0. The molecule has 3 rings (SSSR count). The molecule has 0 fully saturated rings. The van der Waals surface area contributed by atoms with Crippen LogP contribution in [0.2, 0.25) is 0 Å². The summed E-state index contributed by atoms with van der Waals surface area (Å²) in [7, 11) is 2.13. The Morgan fingerprint density at radius 3 is 2.47 bits per heavy atom. The predicted molar refractivity (Wildman–Crippen MR) is 70.5 cm³/mol. The van der Waals surface area contributed by atoms with Crippen molar-refractivity contribution in [2.75, 3.05) is 18.5 Å². The lowest BCUT2D eigenvalue weighted by Crippen LogP contribution is -2.12. The van der Waals surface area contributed by atoms with Gasteiger partial charge < -0.3 is 10.0 Å². The molecule has 0 saturated heterocycles. The Morgan fingerprint density at radius 2 is 1.71 bits per heavy atom. The van der Waals surface area contributed by atoms with Crippen LogP contribution >= 0.6 is 0 Å². The SMILES string of the molecule is CN1CCc2cc(-c3ccc(O)cc3)ccc21. The zero-order chi connectivity index (χ0) is 11.8. The van der Waals surface area contributed by atoms with E-state index >= 15 is 0 Å². The number of fused-ring (bicyclic) bond motifs is 1. The van der Waals surface area contributed by atoms with E-state index in [0.29, 0.717) is 5.75 Å². The molecule has 17 heavy (non-hydrogen) atoms. The second kappa shape index (κ2) is 3.81. The van der Waals surface area contributed by atoms with Gasteiger partial charge in [-0.15, -0.1) is 0 Å². The number of phenols is 1. The number of nitrogens with zero attached hydrogens (tertiary/aromatic N) is 1. The molecule has 0 aliphatic carbocycles. The van der Waals surface area contributed by atoms with Crippen LogP contribution in [0.15, 0.2) is 42.5 Å². The largest absolute Gasteiger partial charge is 0.508 e. The fourth-order valence-corrected chi connectivity index (χ4v) is 2.40. The Bertz CT molecular complexity index is 545. The Morgan fingerprint density at radius 1 is 1.00 bits per heavy atom. The van der Waals surface area contributed by atoms with Gasteiger partial charge >= 0.3 is 0 Å². The first-order chi connectivity index (χ1) is 8.24. The third-order valence-electron chi connectivity index (χ3n) is 3.41. The van der Waals surface area contributed by atoms with Gasteiger partial charge in [0.1, 0.15) is 5.75 Å². The number of aromatic hydroxyl groups is 1. The van der Waals surface area contributed by atoms with Gasteiger partial charge in [0.15, 0.2) is 0 Å². The fourth-order valence-electron chi connectivity index (χ4n) is 2.40. The number of anilines is 1. The minimum Gasteiger partial charge on any atom is -0.508 e. The van der Waals surface area contributed by atoms with Crippen molar-refractivity contribution >= 4 is 5.69 Å². The summed E-state index contributed by atoms with van der Waals surface area (Å²) in [6.45, 7) is 1.11. The van der Waals surface area contributed by atoms with Crippen molar-refractivity contribution < 1.29 is 5.11 Å². The summed E-state index contributed by atoms with van der Waals surface area (Å²) in [5, 5.41) is 9.29. The lowest BCUT2D eigenvalue weighted by molar-refractivity contribution is 0.475. The van der Waals surface area contributed by atoms with Crippen LogP contribution in [0.5, 0.6) is 5.75 Å². The maximum atomic E-state index is 9.29. The maximum absolute atomic E-state index is 9.29. The molecular formula is C15H15NO. The average Bonchev–Trinajstić information content (AvgIpc) is 2.72. The Hall–Kier alpha value is -1.96. The highest BCUT2D eigenvalue weighted by Gasteiger charge is 2.15. The second-order valence-electron chi connectivity index (χ2n) is 4.56. The molecule has 2 aromatic carbocycles. The second-order valence-corrected chi connectivity index (χ2v) is 4.56. The fraction of sp³-hybridized carbons (Fsp3) is 0.200. The molecule has 0 amide bonds. The van der Waals surface area contributed by atoms with Crippen molar-refractivity contribution in [3.05, 3.63) is 48.0 Å². The van der Waals surface area contributed by atoms with Gasteiger partial charge in [0.05, 0.1) is 0 Å². The third-order valence-corrected chi connectivity index (χ3v) is 3.41. The van der Waals surface area contributed by atoms with Gasteiger partial charge in [-0.25, -0.2) is 0 Å². The molecule has 1 aliphatic rings. The van der Waals surface area contributed by atoms with E-state index in [-0.39, 0.29) is 0 Å². The molecule has 0 radical (unpaired) electrons. The molecule has 1 heterocycles. The third kappa shape index (κ3) is 1.76. The number of hydrogen-bond donors (Lipinski definition) is 1. The zero-order valence-electron chi connectivity index (χ0n) is 9.85. The number of rotatable bonds is 1. The average molecular weight is 225 g/mol. The molecule has 1 aliphatic heterocycles. The number of likely N-dealkylation sites (N-methyl/N-ethyl adjacent to an activating group) is 1. The predicted octanol–water partition coefficient (Wildman–Crippen LogP) is 3.05. The van der Waals surface area contributed by atoms with Gasteiger partial charge in [-0.05, 0) is 47.4 Å². The van der Waals surface area contributed by atoms with Crippen molar-refractivity contribution in [2.24, 2.45) is 0 Å². The number of hydrogen-bond acceptors (Lipinski definition) is 2. The Balaban J connectivity index is 2.02. The molecule has 2 nitrogen and oxygen atoms in total. The minimum absolute atomic E-state index is 0.314. The van der Waals surface area contributed by atoms with E-state index in [1.165, 1.54) is 16.8 Å². The van der Waals surface area contributed by atoms with Gasteiger partial charge in [0.2, 0.25) is 0 Å². The van der Waals surface area contributed by atoms with Crippen LogP contribution in [0.4, 0.5) is 5.69 Å². The Kier molecular flexibility index (Phi) is 2.29. The van der Waals surface area contributed by atoms with Crippen LogP contribution in [0.3, 0.4) is 0 Å². The normalized spacial score (nSPS) is 13.8. The van der Waals surface area contributed by atoms with Crippen LogP contribution in [-0.2, 0) is 6.42 Å². The van der Waals surface area contributed by atoms with Gasteiger partial charge in [-0.3, -0.25) is 0 Å². The first kappa shape index (κ1) is 10.2. The number of phenolic OH excluding ortho intramolecular Hbond substituents is 1. The summed E-state index contributed by atoms with van der Waals surface area (Å²) >= 11 is 0. The molecule has 86 valence electrons. The lowest BCUT2D eigenvalue weighted by Gasteiger charge is -2.12. The summed E-state index contributed by atoms with van der Waals surface area (Å²) in [5.41, 5.74) is 5.13. The highest BCUT2D eigenvalue weighted by atomic mass is 16.3. The molecule has 0 spiro atoms. The standard InChI is InChI=1S/C15H15NO/c1-16-9-8-13-10-12(4-7-15(13)16)11-2-5-14(17)6-3-11/h2-7,10,17H,8-9H2,1H3. The lowest BCUT2D eigenvalue weighted by atomic mass is 10.0. The van der Waals surface area contributed by atoms with Crippen molar-refractivity contribution in [3.63, 3.8) is 0 Å². The molecule has 1 N–H and O–H groups in total. The van der Waals surface area contributed by atoms with E-state index in [1.807, 2.05) is 12.1 Å². The molecule has 2 heteroatoms. The molecule has 0 atom stereocenters. The highest BCUT2D eigenvalue weighted by Crippen LogP contribution is 2.31. The topological polar surface area (TPSA) is 23.5 Å². The summed E-state index contributed by atoms with van der Waals surface area (Å²) in [6.07, 6.45) is 1.12.